The minimum absolute atomic E-state index is 0.00429. The number of benzene rings is 1. The molecule has 2 atom stereocenters. The maximum Gasteiger partial charge on any atom is 0.398 e. The van der Waals surface area contributed by atoms with E-state index in [0.717, 1.165) is 6.92 Å². The molecule has 30 heavy (non-hydrogen) atoms. The number of hydrogen-bond donors (Lipinski definition) is 0. The second kappa shape index (κ2) is 8.81. The van der Waals surface area contributed by atoms with E-state index in [1.54, 1.807) is 25.3 Å². The van der Waals surface area contributed by atoms with Gasteiger partial charge in [-0.2, -0.15) is 13.2 Å². The molecule has 1 aromatic carbocycles. The first-order valence-corrected chi connectivity index (χ1v) is 10.1. The molecule has 2 unspecified atom stereocenters. The van der Waals surface area contributed by atoms with Crippen molar-refractivity contribution in [3.63, 3.8) is 0 Å². The number of hydrogen-bond acceptors (Lipinski definition) is 1. The first-order chi connectivity index (χ1) is 13.7. The van der Waals surface area contributed by atoms with Crippen LogP contribution in [0.5, 0.6) is 0 Å². The summed E-state index contributed by atoms with van der Waals surface area (Å²) < 4.78 is 44.2. The molecule has 1 heterocycles. The van der Waals surface area contributed by atoms with Crippen molar-refractivity contribution in [1.82, 2.24) is 4.57 Å². The Morgan fingerprint density at radius 2 is 1.70 bits per heavy atom. The van der Waals surface area contributed by atoms with Gasteiger partial charge in [0.1, 0.15) is 0 Å². The van der Waals surface area contributed by atoms with Crippen molar-refractivity contribution < 1.29 is 18.0 Å². The maximum absolute atomic E-state index is 14.2. The normalized spacial score (nSPS) is 14.8. The zero-order valence-electron chi connectivity index (χ0n) is 16.7. The summed E-state index contributed by atoms with van der Waals surface area (Å²) in [5.74, 6) is -0.850. The molecule has 0 fully saturated rings. The van der Waals surface area contributed by atoms with E-state index in [1.807, 2.05) is 0 Å². The number of aromatic nitrogens is 1. The van der Waals surface area contributed by atoms with Crippen LogP contribution < -0.4 is 0 Å². The molecule has 2 nitrogen and oxygen atoms in total. The Hall–Kier alpha value is -1.69. The summed E-state index contributed by atoms with van der Waals surface area (Å²) in [5.41, 5.74) is -1.17. The van der Waals surface area contributed by atoms with Crippen LogP contribution in [0.4, 0.5) is 13.2 Å². The molecule has 0 aliphatic rings. The van der Waals surface area contributed by atoms with Crippen molar-refractivity contribution in [2.45, 2.75) is 38.8 Å². The van der Waals surface area contributed by atoms with Crippen LogP contribution in [0.15, 0.2) is 43.6 Å². The summed E-state index contributed by atoms with van der Waals surface area (Å²) in [7, 11) is 0. The lowest BCUT2D eigenvalue weighted by molar-refractivity contribution is -0.189. The Kier molecular flexibility index (Phi) is 7.22. The molecule has 0 amide bonds. The molecule has 0 saturated heterocycles. The number of Topliss-reactive ketones (excluding diaryl/α,β-unsaturated/α-hetero) is 1. The molecule has 0 aliphatic carbocycles. The highest BCUT2D eigenvalue weighted by Crippen LogP contribution is 2.49. The Balaban J connectivity index is 2.46. The monoisotopic (exact) mass is 477 g/mol. The fraction of sp³-hybridized carbons (Fsp3) is 0.318. The first-order valence-electron chi connectivity index (χ1n) is 8.99. The fourth-order valence-electron chi connectivity index (χ4n) is 3.31. The van der Waals surface area contributed by atoms with Gasteiger partial charge in [-0.05, 0) is 54.7 Å². The lowest BCUT2D eigenvalue weighted by Crippen LogP contribution is -2.41. The average Bonchev–Trinajstić information content (AvgIpc) is 3.12. The number of ketones is 1. The van der Waals surface area contributed by atoms with E-state index in [2.05, 4.69) is 13.2 Å². The topological polar surface area (TPSA) is 22.0 Å². The lowest BCUT2D eigenvalue weighted by Gasteiger charge is -2.36. The number of rotatable bonds is 7. The largest absolute Gasteiger partial charge is 0.398 e. The molecule has 0 aliphatic heterocycles. The third-order valence-corrected chi connectivity index (χ3v) is 6.53. The number of allylic oxidation sites excluding steroid dienone is 2. The molecule has 0 N–H and O–H groups in total. The van der Waals surface area contributed by atoms with Crippen LogP contribution in [-0.4, -0.2) is 16.5 Å². The van der Waals surface area contributed by atoms with Gasteiger partial charge in [-0.25, -0.2) is 0 Å². The van der Waals surface area contributed by atoms with Crippen LogP contribution in [0.1, 0.15) is 38.4 Å². The Morgan fingerprint density at radius 3 is 2.17 bits per heavy atom. The molecule has 2 aromatic rings. The van der Waals surface area contributed by atoms with Crippen molar-refractivity contribution in [3.05, 3.63) is 69.9 Å². The van der Waals surface area contributed by atoms with Gasteiger partial charge in [-0.3, -0.25) is 4.79 Å². The summed E-state index contributed by atoms with van der Waals surface area (Å²) in [5, 5.41) is -0.0925. The highest BCUT2D eigenvalue weighted by Gasteiger charge is 2.53. The standard InChI is InChI=1S/C22H21Cl3F3NO/c1-12(13(2)19-7-6-8-29(19)14(3)15(4)30)11-21(5,22(26,27)28)16-9-17(23)20(25)18(24)10-16/h6-10,12H,2-3,11H2,1,4-5H3. The van der Waals surface area contributed by atoms with E-state index in [9.17, 15) is 18.0 Å². The molecule has 0 saturated carbocycles. The van der Waals surface area contributed by atoms with Crippen molar-refractivity contribution in [2.24, 2.45) is 5.92 Å². The highest BCUT2D eigenvalue weighted by atomic mass is 35.5. The highest BCUT2D eigenvalue weighted by molar-refractivity contribution is 6.48. The third kappa shape index (κ3) is 4.63. The molecule has 0 spiro atoms. The lowest BCUT2D eigenvalue weighted by atomic mass is 9.73. The number of alkyl halides is 3. The minimum atomic E-state index is -4.59. The van der Waals surface area contributed by atoms with Gasteiger partial charge in [-0.1, -0.05) is 54.9 Å². The molecular weight excluding hydrogens is 458 g/mol. The number of carbonyl (C=O) groups excluding carboxylic acids is 1. The Bertz CT molecular complexity index is 986. The van der Waals surface area contributed by atoms with Crippen LogP contribution >= 0.6 is 34.8 Å². The van der Waals surface area contributed by atoms with E-state index in [1.165, 1.54) is 23.6 Å². The summed E-state index contributed by atoms with van der Waals surface area (Å²) in [6.45, 7) is 11.9. The van der Waals surface area contributed by atoms with E-state index >= 15 is 0 Å². The van der Waals surface area contributed by atoms with E-state index < -0.39 is 17.5 Å². The predicted octanol–water partition coefficient (Wildman–Crippen LogP) is 8.07. The van der Waals surface area contributed by atoms with Gasteiger partial charge in [0.25, 0.3) is 0 Å². The second-order valence-electron chi connectivity index (χ2n) is 7.48. The molecule has 0 radical (unpaired) electrons. The van der Waals surface area contributed by atoms with Gasteiger partial charge in [-0.15, -0.1) is 0 Å². The molecule has 2 rings (SSSR count). The summed E-state index contributed by atoms with van der Waals surface area (Å²) in [6.07, 6.45) is -3.28. The Morgan fingerprint density at radius 1 is 1.17 bits per heavy atom. The molecule has 0 bridgehead atoms. The van der Waals surface area contributed by atoms with Gasteiger partial charge in [0.05, 0.1) is 26.2 Å². The van der Waals surface area contributed by atoms with E-state index in [4.69, 9.17) is 34.8 Å². The minimum Gasteiger partial charge on any atom is -0.314 e. The van der Waals surface area contributed by atoms with Crippen molar-refractivity contribution in [1.29, 1.82) is 0 Å². The van der Waals surface area contributed by atoms with Crippen LogP contribution in [0, 0.1) is 5.92 Å². The van der Waals surface area contributed by atoms with Gasteiger partial charge in [0.15, 0.2) is 5.78 Å². The molecule has 162 valence electrons. The van der Waals surface area contributed by atoms with Crippen molar-refractivity contribution in [3.8, 4) is 0 Å². The number of halogens is 6. The molecule has 1 aromatic heterocycles. The van der Waals surface area contributed by atoms with Gasteiger partial charge in [0, 0.05) is 18.8 Å². The maximum atomic E-state index is 14.2. The van der Waals surface area contributed by atoms with E-state index in [-0.39, 0.29) is 38.5 Å². The number of carbonyl (C=O) groups is 1. The third-order valence-electron chi connectivity index (χ3n) is 5.33. The Labute approximate surface area is 188 Å². The summed E-state index contributed by atoms with van der Waals surface area (Å²) in [4.78, 5) is 11.7. The van der Waals surface area contributed by atoms with Crippen LogP contribution in [0.25, 0.3) is 11.3 Å². The molecular formula is C22H21Cl3F3NO. The van der Waals surface area contributed by atoms with Crippen molar-refractivity contribution >= 4 is 51.9 Å². The summed E-state index contributed by atoms with van der Waals surface area (Å²) in [6, 6.07) is 5.76. The van der Waals surface area contributed by atoms with Gasteiger partial charge < -0.3 is 4.57 Å². The SMILES string of the molecule is C=C(c1cccn1C(=C)C(C)=O)C(C)CC(C)(c1cc(Cl)c(Cl)c(Cl)c1)C(F)(F)F. The first kappa shape index (κ1) is 24.6. The predicted molar refractivity (Wildman–Crippen MR) is 118 cm³/mol. The second-order valence-corrected chi connectivity index (χ2v) is 8.67. The molecule has 8 heteroatoms. The summed E-state index contributed by atoms with van der Waals surface area (Å²) >= 11 is 17.9. The van der Waals surface area contributed by atoms with E-state index in [0.29, 0.717) is 11.3 Å². The van der Waals surface area contributed by atoms with Crippen molar-refractivity contribution in [2.75, 3.05) is 0 Å². The fourth-order valence-corrected chi connectivity index (χ4v) is 3.90. The smallest absolute Gasteiger partial charge is 0.314 e. The van der Waals surface area contributed by atoms with Crippen LogP contribution in [0.2, 0.25) is 15.1 Å². The van der Waals surface area contributed by atoms with Gasteiger partial charge in [0.2, 0.25) is 0 Å². The quantitative estimate of drug-likeness (QED) is 0.291. The zero-order valence-corrected chi connectivity index (χ0v) is 19.0. The van der Waals surface area contributed by atoms with Crippen LogP contribution in [0.3, 0.4) is 0 Å². The van der Waals surface area contributed by atoms with Gasteiger partial charge >= 0.3 is 6.18 Å². The number of nitrogens with zero attached hydrogens (tertiary/aromatic N) is 1. The average molecular weight is 479 g/mol. The van der Waals surface area contributed by atoms with Crippen LogP contribution in [-0.2, 0) is 10.2 Å². The zero-order chi connectivity index (χ0) is 23.0.